The number of carbonyl (C=O) groups excluding carboxylic acids is 1. The molecule has 1 amide bonds. The maximum Gasteiger partial charge on any atom is 0.226 e. The second-order valence-electron chi connectivity index (χ2n) is 6.28. The standard InChI is InChI=1S/C17H23N5OS/c1-13-18-19-20-22(13)16-7-5-14(6-8-16)10-17(23)21-9-3-4-15(11-21)12-24-2/h5-8,15H,3-4,9-12H2,1-2H3/t15-/m1/s1. The zero-order valence-corrected chi connectivity index (χ0v) is 15.0. The van der Waals surface area contributed by atoms with Gasteiger partial charge in [-0.15, -0.1) is 5.10 Å². The van der Waals surface area contributed by atoms with Gasteiger partial charge in [0.2, 0.25) is 5.91 Å². The number of hydrogen-bond acceptors (Lipinski definition) is 5. The Morgan fingerprint density at radius 1 is 1.33 bits per heavy atom. The molecule has 0 spiro atoms. The summed E-state index contributed by atoms with van der Waals surface area (Å²) >= 11 is 1.87. The number of hydrogen-bond donors (Lipinski definition) is 0. The molecule has 6 nitrogen and oxygen atoms in total. The van der Waals surface area contributed by atoms with Gasteiger partial charge in [0, 0.05) is 13.1 Å². The monoisotopic (exact) mass is 345 g/mol. The van der Waals surface area contributed by atoms with E-state index < -0.39 is 0 Å². The molecule has 7 heteroatoms. The van der Waals surface area contributed by atoms with Crippen LogP contribution >= 0.6 is 11.8 Å². The molecule has 128 valence electrons. The van der Waals surface area contributed by atoms with Crippen LogP contribution in [-0.2, 0) is 11.2 Å². The molecule has 1 saturated heterocycles. The van der Waals surface area contributed by atoms with Crippen LogP contribution in [-0.4, -0.2) is 56.1 Å². The Bertz CT molecular complexity index is 683. The Morgan fingerprint density at radius 3 is 2.79 bits per heavy atom. The minimum absolute atomic E-state index is 0.229. The fraction of sp³-hybridized carbons (Fsp3) is 0.529. The Hall–Kier alpha value is -1.89. The Labute approximate surface area is 146 Å². The molecule has 0 unspecified atom stereocenters. The summed E-state index contributed by atoms with van der Waals surface area (Å²) in [5, 5.41) is 11.5. The van der Waals surface area contributed by atoms with Crippen molar-refractivity contribution in [2.24, 2.45) is 5.92 Å². The minimum Gasteiger partial charge on any atom is -0.342 e. The van der Waals surface area contributed by atoms with Gasteiger partial charge in [0.15, 0.2) is 5.82 Å². The molecule has 1 aliphatic rings. The van der Waals surface area contributed by atoms with Crippen molar-refractivity contribution in [3.05, 3.63) is 35.7 Å². The third kappa shape index (κ3) is 3.95. The maximum atomic E-state index is 12.6. The van der Waals surface area contributed by atoms with Crippen molar-refractivity contribution in [2.45, 2.75) is 26.2 Å². The molecule has 0 N–H and O–H groups in total. The molecule has 24 heavy (non-hydrogen) atoms. The summed E-state index contributed by atoms with van der Waals surface area (Å²) in [6.45, 7) is 3.66. The van der Waals surface area contributed by atoms with Gasteiger partial charge in [-0.1, -0.05) is 12.1 Å². The first-order chi connectivity index (χ1) is 11.7. The summed E-state index contributed by atoms with van der Waals surface area (Å²) in [5.41, 5.74) is 1.94. The molecule has 0 saturated carbocycles. The highest BCUT2D eigenvalue weighted by Gasteiger charge is 2.23. The van der Waals surface area contributed by atoms with Gasteiger partial charge in [-0.05, 0) is 65.8 Å². The van der Waals surface area contributed by atoms with Crippen LogP contribution in [0.4, 0.5) is 0 Å². The summed E-state index contributed by atoms with van der Waals surface area (Å²) in [6, 6.07) is 7.88. The van der Waals surface area contributed by atoms with Crippen molar-refractivity contribution in [1.29, 1.82) is 0 Å². The van der Waals surface area contributed by atoms with Gasteiger partial charge < -0.3 is 4.90 Å². The third-order valence-corrected chi connectivity index (χ3v) is 5.24. The summed E-state index contributed by atoms with van der Waals surface area (Å²) in [4.78, 5) is 14.6. The van der Waals surface area contributed by atoms with Gasteiger partial charge in [-0.2, -0.15) is 16.4 Å². The fourth-order valence-electron chi connectivity index (χ4n) is 3.18. The summed E-state index contributed by atoms with van der Waals surface area (Å²) in [7, 11) is 0. The minimum atomic E-state index is 0.229. The van der Waals surface area contributed by atoms with Crippen LogP contribution < -0.4 is 0 Å². The number of rotatable bonds is 5. The molecule has 1 aliphatic heterocycles. The van der Waals surface area contributed by atoms with Crippen LogP contribution in [0.15, 0.2) is 24.3 Å². The number of piperidine rings is 1. The van der Waals surface area contributed by atoms with Gasteiger partial charge in [0.05, 0.1) is 12.1 Å². The largest absolute Gasteiger partial charge is 0.342 e. The number of aryl methyl sites for hydroxylation is 1. The zero-order chi connectivity index (χ0) is 16.9. The van der Waals surface area contributed by atoms with Crippen LogP contribution in [0.5, 0.6) is 0 Å². The average Bonchev–Trinajstić information content (AvgIpc) is 3.02. The molecule has 3 rings (SSSR count). The van der Waals surface area contributed by atoms with E-state index in [4.69, 9.17) is 0 Å². The van der Waals surface area contributed by atoms with Gasteiger partial charge in [0.1, 0.15) is 0 Å². The van der Waals surface area contributed by atoms with Gasteiger partial charge in [0.25, 0.3) is 0 Å². The van der Waals surface area contributed by atoms with E-state index in [2.05, 4.69) is 21.8 Å². The zero-order valence-electron chi connectivity index (χ0n) is 14.2. The van der Waals surface area contributed by atoms with E-state index in [9.17, 15) is 4.79 Å². The van der Waals surface area contributed by atoms with E-state index in [1.807, 2.05) is 47.9 Å². The number of amides is 1. The summed E-state index contributed by atoms with van der Waals surface area (Å²) in [5.74, 6) is 2.76. The normalized spacial score (nSPS) is 17.9. The second kappa shape index (κ2) is 7.79. The van der Waals surface area contributed by atoms with Crippen LogP contribution in [0.2, 0.25) is 0 Å². The molecule has 1 fully saturated rings. The van der Waals surface area contributed by atoms with E-state index >= 15 is 0 Å². The topological polar surface area (TPSA) is 63.9 Å². The van der Waals surface area contributed by atoms with Crippen LogP contribution in [0.3, 0.4) is 0 Å². The number of nitrogens with zero attached hydrogens (tertiary/aromatic N) is 5. The number of thioether (sulfide) groups is 1. The SMILES string of the molecule is CSC[C@@H]1CCCN(C(=O)Cc2ccc(-n3nnnc3C)cc2)C1. The van der Waals surface area contributed by atoms with Gasteiger partial charge in [-0.25, -0.2) is 0 Å². The van der Waals surface area contributed by atoms with Crippen molar-refractivity contribution in [1.82, 2.24) is 25.1 Å². The summed E-state index contributed by atoms with van der Waals surface area (Å²) < 4.78 is 1.68. The molecule has 1 aromatic carbocycles. The Morgan fingerprint density at radius 2 is 2.12 bits per heavy atom. The number of benzene rings is 1. The van der Waals surface area contributed by atoms with E-state index in [0.29, 0.717) is 12.3 Å². The lowest BCUT2D eigenvalue weighted by molar-refractivity contribution is -0.132. The quantitative estimate of drug-likeness (QED) is 0.830. The Kier molecular flexibility index (Phi) is 5.50. The maximum absolute atomic E-state index is 12.6. The van der Waals surface area contributed by atoms with E-state index in [1.54, 1.807) is 4.68 Å². The first-order valence-corrected chi connectivity index (χ1v) is 9.67. The first kappa shape index (κ1) is 17.0. The van der Waals surface area contributed by atoms with Crippen LogP contribution in [0, 0.1) is 12.8 Å². The number of likely N-dealkylation sites (tertiary alicyclic amines) is 1. The lowest BCUT2D eigenvalue weighted by Crippen LogP contribution is -2.41. The summed E-state index contributed by atoms with van der Waals surface area (Å²) in [6.07, 6.45) is 4.95. The molecule has 1 atom stereocenters. The fourth-order valence-corrected chi connectivity index (χ4v) is 3.92. The van der Waals surface area contributed by atoms with Crippen molar-refractivity contribution in [3.8, 4) is 5.69 Å². The van der Waals surface area contributed by atoms with Gasteiger partial charge >= 0.3 is 0 Å². The number of carbonyl (C=O) groups is 1. The predicted molar refractivity (Wildman–Crippen MR) is 95.3 cm³/mol. The third-order valence-electron chi connectivity index (χ3n) is 4.44. The van der Waals surface area contributed by atoms with Crippen molar-refractivity contribution in [3.63, 3.8) is 0 Å². The van der Waals surface area contributed by atoms with Crippen molar-refractivity contribution >= 4 is 17.7 Å². The molecular weight excluding hydrogens is 322 g/mol. The smallest absolute Gasteiger partial charge is 0.226 e. The van der Waals surface area contributed by atoms with E-state index in [-0.39, 0.29) is 5.91 Å². The van der Waals surface area contributed by atoms with Crippen molar-refractivity contribution in [2.75, 3.05) is 25.1 Å². The van der Waals surface area contributed by atoms with E-state index in [1.165, 1.54) is 6.42 Å². The predicted octanol–water partition coefficient (Wildman–Crippen LogP) is 2.11. The average molecular weight is 345 g/mol. The molecule has 0 radical (unpaired) electrons. The lowest BCUT2D eigenvalue weighted by Gasteiger charge is -2.32. The Balaban J connectivity index is 1.61. The highest BCUT2D eigenvalue weighted by Crippen LogP contribution is 2.20. The molecule has 0 aliphatic carbocycles. The molecular formula is C17H23N5OS. The van der Waals surface area contributed by atoms with Crippen LogP contribution in [0.25, 0.3) is 5.69 Å². The molecule has 0 bridgehead atoms. The lowest BCUT2D eigenvalue weighted by atomic mass is 9.99. The van der Waals surface area contributed by atoms with Crippen molar-refractivity contribution < 1.29 is 4.79 Å². The highest BCUT2D eigenvalue weighted by atomic mass is 32.2. The molecule has 1 aromatic heterocycles. The van der Waals surface area contributed by atoms with Crippen LogP contribution in [0.1, 0.15) is 24.2 Å². The molecule has 2 aromatic rings. The number of tetrazole rings is 1. The number of aromatic nitrogens is 4. The van der Waals surface area contributed by atoms with Gasteiger partial charge in [-0.3, -0.25) is 4.79 Å². The molecule has 2 heterocycles. The van der Waals surface area contributed by atoms with E-state index in [0.717, 1.165) is 42.3 Å². The highest BCUT2D eigenvalue weighted by molar-refractivity contribution is 7.98. The second-order valence-corrected chi connectivity index (χ2v) is 7.20. The first-order valence-electron chi connectivity index (χ1n) is 8.28.